The molecule has 1 aliphatic heterocycles. The van der Waals surface area contributed by atoms with Gasteiger partial charge in [-0.05, 0) is 44.6 Å². The average molecular weight is 288 g/mol. The van der Waals surface area contributed by atoms with Crippen molar-refractivity contribution in [2.24, 2.45) is 11.8 Å². The topological polar surface area (TPSA) is 71.2 Å². The van der Waals surface area contributed by atoms with Crippen molar-refractivity contribution in [3.63, 3.8) is 0 Å². The first-order chi connectivity index (χ1) is 10.2. The van der Waals surface area contributed by atoms with E-state index in [4.69, 9.17) is 5.84 Å². The number of nitrogens with zero attached hydrogens (tertiary/aromatic N) is 2. The van der Waals surface area contributed by atoms with Crippen molar-refractivity contribution in [2.45, 2.75) is 51.5 Å². The fraction of sp³-hybridized carbons (Fsp3) is 0.625. The number of amides is 1. The van der Waals surface area contributed by atoms with Crippen LogP contribution in [-0.2, 0) is 0 Å². The minimum Gasteiger partial charge on any atom is -0.335 e. The summed E-state index contributed by atoms with van der Waals surface area (Å²) in [6, 6.07) is 2.24. The molecule has 2 aliphatic rings. The van der Waals surface area contributed by atoms with E-state index in [9.17, 15) is 4.79 Å². The van der Waals surface area contributed by atoms with Crippen LogP contribution in [0.5, 0.6) is 0 Å². The predicted octanol–water partition coefficient (Wildman–Crippen LogP) is 2.47. The molecule has 114 valence electrons. The normalized spacial score (nSPS) is 25.3. The number of carbonyl (C=O) groups excluding carboxylic acids is 1. The molecule has 3 rings (SSSR count). The zero-order chi connectivity index (χ0) is 14.8. The Bertz CT molecular complexity index is 529. The second-order valence-electron chi connectivity index (χ2n) is 6.27. The van der Waals surface area contributed by atoms with Crippen molar-refractivity contribution in [1.29, 1.82) is 0 Å². The minimum absolute atomic E-state index is 0.0760. The van der Waals surface area contributed by atoms with Gasteiger partial charge in [-0.15, -0.1) is 0 Å². The van der Waals surface area contributed by atoms with Gasteiger partial charge in [-0.3, -0.25) is 15.6 Å². The molecule has 1 aromatic heterocycles. The molecule has 1 saturated carbocycles. The Balaban J connectivity index is 1.87. The smallest absolute Gasteiger partial charge is 0.257 e. The van der Waals surface area contributed by atoms with Crippen LogP contribution >= 0.6 is 0 Å². The van der Waals surface area contributed by atoms with Gasteiger partial charge in [0, 0.05) is 24.5 Å². The van der Waals surface area contributed by atoms with E-state index in [1.807, 2.05) is 13.0 Å². The van der Waals surface area contributed by atoms with Crippen LogP contribution in [0.25, 0.3) is 0 Å². The number of hydrogen-bond donors (Lipinski definition) is 2. The summed E-state index contributed by atoms with van der Waals surface area (Å²) in [4.78, 5) is 19.3. The largest absolute Gasteiger partial charge is 0.335 e. The maximum atomic E-state index is 12.9. The Labute approximate surface area is 125 Å². The molecule has 5 nitrogen and oxygen atoms in total. The van der Waals surface area contributed by atoms with Crippen LogP contribution in [0.4, 0.5) is 5.69 Å². The zero-order valence-electron chi connectivity index (χ0n) is 12.6. The fourth-order valence-corrected chi connectivity index (χ4v) is 3.88. The van der Waals surface area contributed by atoms with Gasteiger partial charge in [0.05, 0.1) is 11.3 Å². The van der Waals surface area contributed by atoms with Gasteiger partial charge >= 0.3 is 0 Å². The lowest BCUT2D eigenvalue weighted by atomic mass is 9.78. The van der Waals surface area contributed by atoms with E-state index < -0.39 is 0 Å². The standard InChI is InChI=1S/C16H24N4O/c1-11-9-14(19-17)13(10-18-11)16(21)20-8-4-6-12-5-2-3-7-15(12)20/h9-10,12,15H,2-8,17H2,1H3,(H,18,19). The summed E-state index contributed by atoms with van der Waals surface area (Å²) in [5.41, 5.74) is 4.76. The molecule has 1 saturated heterocycles. The first-order valence-electron chi connectivity index (χ1n) is 7.95. The Kier molecular flexibility index (Phi) is 4.10. The third-order valence-corrected chi connectivity index (χ3v) is 4.93. The summed E-state index contributed by atoms with van der Waals surface area (Å²) in [6.45, 7) is 2.76. The van der Waals surface area contributed by atoms with Crippen molar-refractivity contribution in [2.75, 3.05) is 12.0 Å². The Morgan fingerprint density at radius 1 is 1.33 bits per heavy atom. The van der Waals surface area contributed by atoms with Crippen LogP contribution in [0.1, 0.15) is 54.6 Å². The fourth-order valence-electron chi connectivity index (χ4n) is 3.88. The monoisotopic (exact) mass is 288 g/mol. The quantitative estimate of drug-likeness (QED) is 0.648. The number of aromatic nitrogens is 1. The second kappa shape index (κ2) is 6.02. The van der Waals surface area contributed by atoms with Crippen LogP contribution < -0.4 is 11.3 Å². The van der Waals surface area contributed by atoms with Crippen molar-refractivity contribution in [3.05, 3.63) is 23.5 Å². The number of hydrogen-bond acceptors (Lipinski definition) is 4. The van der Waals surface area contributed by atoms with Gasteiger partial charge in [0.2, 0.25) is 0 Å². The highest BCUT2D eigenvalue weighted by Gasteiger charge is 2.36. The molecule has 1 aliphatic carbocycles. The molecule has 1 amide bonds. The number of nitrogens with two attached hydrogens (primary N) is 1. The number of likely N-dealkylation sites (tertiary alicyclic amines) is 1. The van der Waals surface area contributed by atoms with Crippen LogP contribution in [0.3, 0.4) is 0 Å². The highest BCUT2D eigenvalue weighted by molar-refractivity contribution is 5.99. The molecule has 0 bridgehead atoms. The molecule has 2 atom stereocenters. The summed E-state index contributed by atoms with van der Waals surface area (Å²) in [5, 5.41) is 0. The number of nitrogens with one attached hydrogen (secondary N) is 1. The van der Waals surface area contributed by atoms with Crippen molar-refractivity contribution in [1.82, 2.24) is 9.88 Å². The first kappa shape index (κ1) is 14.3. The van der Waals surface area contributed by atoms with Gasteiger partial charge in [0.25, 0.3) is 5.91 Å². The number of aryl methyl sites for hydroxylation is 1. The Morgan fingerprint density at radius 2 is 2.10 bits per heavy atom. The number of fused-ring (bicyclic) bond motifs is 1. The summed E-state index contributed by atoms with van der Waals surface area (Å²) in [7, 11) is 0. The van der Waals surface area contributed by atoms with Gasteiger partial charge in [-0.25, -0.2) is 0 Å². The van der Waals surface area contributed by atoms with E-state index in [2.05, 4.69) is 15.3 Å². The molecule has 2 fully saturated rings. The molecule has 0 spiro atoms. The molecular formula is C16H24N4O. The molecule has 0 radical (unpaired) electrons. The molecule has 21 heavy (non-hydrogen) atoms. The Hall–Kier alpha value is -1.62. The maximum Gasteiger partial charge on any atom is 0.257 e. The number of pyridine rings is 1. The van der Waals surface area contributed by atoms with Gasteiger partial charge in [-0.1, -0.05) is 12.8 Å². The lowest BCUT2D eigenvalue weighted by molar-refractivity contribution is 0.0391. The third kappa shape index (κ3) is 2.75. The van der Waals surface area contributed by atoms with Crippen molar-refractivity contribution < 1.29 is 4.79 Å². The van der Waals surface area contributed by atoms with Gasteiger partial charge < -0.3 is 10.3 Å². The highest BCUT2D eigenvalue weighted by atomic mass is 16.2. The van der Waals surface area contributed by atoms with Crippen molar-refractivity contribution in [3.8, 4) is 0 Å². The average Bonchev–Trinajstić information content (AvgIpc) is 2.53. The molecule has 2 heterocycles. The van der Waals surface area contributed by atoms with E-state index in [1.165, 1.54) is 25.7 Å². The molecule has 0 aromatic carbocycles. The van der Waals surface area contributed by atoms with E-state index >= 15 is 0 Å². The summed E-state index contributed by atoms with van der Waals surface area (Å²) < 4.78 is 0. The van der Waals surface area contributed by atoms with Gasteiger partial charge in [0.1, 0.15) is 0 Å². The van der Waals surface area contributed by atoms with Crippen LogP contribution in [-0.4, -0.2) is 28.4 Å². The zero-order valence-corrected chi connectivity index (χ0v) is 12.6. The number of anilines is 1. The maximum absolute atomic E-state index is 12.9. The SMILES string of the molecule is Cc1cc(NN)c(C(=O)N2CCCC3CCCCC32)cn1. The van der Waals surface area contributed by atoms with E-state index in [0.29, 0.717) is 23.2 Å². The summed E-state index contributed by atoms with van der Waals surface area (Å²) in [6.07, 6.45) is 8.98. The minimum atomic E-state index is 0.0760. The Morgan fingerprint density at radius 3 is 2.90 bits per heavy atom. The third-order valence-electron chi connectivity index (χ3n) is 4.93. The molecule has 5 heteroatoms. The molecule has 1 aromatic rings. The van der Waals surface area contributed by atoms with Gasteiger partial charge in [0.15, 0.2) is 0 Å². The number of nitrogen functional groups attached to an aromatic ring is 1. The number of carbonyl (C=O) groups is 1. The summed E-state index contributed by atoms with van der Waals surface area (Å²) >= 11 is 0. The van der Waals surface area contributed by atoms with E-state index in [-0.39, 0.29) is 5.91 Å². The first-order valence-corrected chi connectivity index (χ1v) is 7.95. The highest BCUT2D eigenvalue weighted by Crippen LogP contribution is 2.36. The number of hydrazine groups is 1. The lowest BCUT2D eigenvalue weighted by Crippen LogP contribution is -2.49. The van der Waals surface area contributed by atoms with Crippen LogP contribution in [0.2, 0.25) is 0 Å². The van der Waals surface area contributed by atoms with Crippen LogP contribution in [0, 0.1) is 12.8 Å². The van der Waals surface area contributed by atoms with E-state index in [1.54, 1.807) is 6.20 Å². The predicted molar refractivity (Wildman–Crippen MR) is 82.8 cm³/mol. The molecule has 3 N–H and O–H groups in total. The lowest BCUT2D eigenvalue weighted by Gasteiger charge is -2.44. The second-order valence-corrected chi connectivity index (χ2v) is 6.27. The van der Waals surface area contributed by atoms with Crippen LogP contribution in [0.15, 0.2) is 12.3 Å². The van der Waals surface area contributed by atoms with E-state index in [0.717, 1.165) is 25.1 Å². The summed E-state index contributed by atoms with van der Waals surface area (Å²) in [5.74, 6) is 6.33. The molecule has 2 unspecified atom stereocenters. The number of rotatable bonds is 2. The van der Waals surface area contributed by atoms with Crippen molar-refractivity contribution >= 4 is 11.6 Å². The van der Waals surface area contributed by atoms with Gasteiger partial charge in [-0.2, -0.15) is 0 Å². The molecular weight excluding hydrogens is 264 g/mol. The number of piperidine rings is 1.